The van der Waals surface area contributed by atoms with Gasteiger partial charge in [-0.1, -0.05) is 42.5 Å². The third kappa shape index (κ3) is 3.93. The van der Waals surface area contributed by atoms with E-state index in [1.807, 2.05) is 40.1 Å². The number of urea groups is 1. The van der Waals surface area contributed by atoms with E-state index in [2.05, 4.69) is 29.6 Å². The minimum absolute atomic E-state index is 0.0590. The second-order valence-corrected chi connectivity index (χ2v) is 7.39. The number of benzene rings is 2. The molecule has 144 valence electrons. The Balaban J connectivity index is 1.37. The first-order valence-electron chi connectivity index (χ1n) is 9.78. The molecule has 2 aliphatic heterocycles. The van der Waals surface area contributed by atoms with E-state index in [1.165, 1.54) is 16.7 Å². The van der Waals surface area contributed by atoms with Crippen molar-refractivity contribution in [3.05, 3.63) is 71.3 Å². The zero-order valence-corrected chi connectivity index (χ0v) is 16.1. The maximum Gasteiger partial charge on any atom is 0.322 e. The maximum absolute atomic E-state index is 12.6. The normalized spacial score (nSPS) is 16.2. The number of nitrogens with zero attached hydrogens (tertiary/aromatic N) is 2. The van der Waals surface area contributed by atoms with Crippen LogP contribution in [0, 0.1) is 0 Å². The van der Waals surface area contributed by atoms with Crippen molar-refractivity contribution in [2.45, 2.75) is 26.3 Å². The molecule has 5 nitrogen and oxygen atoms in total. The lowest BCUT2D eigenvalue weighted by Crippen LogP contribution is -2.38. The van der Waals surface area contributed by atoms with Gasteiger partial charge in [0.25, 0.3) is 0 Å². The molecule has 0 bridgehead atoms. The topological polar surface area (TPSA) is 52.7 Å². The average molecular weight is 375 g/mol. The molecule has 2 aromatic carbocycles. The van der Waals surface area contributed by atoms with Gasteiger partial charge in [0.2, 0.25) is 5.91 Å². The van der Waals surface area contributed by atoms with E-state index in [0.717, 1.165) is 37.2 Å². The Bertz CT molecular complexity index is 918. The van der Waals surface area contributed by atoms with Crippen LogP contribution in [0.15, 0.2) is 54.6 Å². The molecule has 2 aromatic rings. The molecule has 1 N–H and O–H groups in total. The predicted molar refractivity (Wildman–Crippen MR) is 111 cm³/mol. The highest BCUT2D eigenvalue weighted by Gasteiger charge is 2.20. The van der Waals surface area contributed by atoms with Crippen molar-refractivity contribution in [1.82, 2.24) is 9.80 Å². The van der Waals surface area contributed by atoms with Crippen LogP contribution in [-0.4, -0.2) is 41.4 Å². The van der Waals surface area contributed by atoms with E-state index in [9.17, 15) is 9.59 Å². The van der Waals surface area contributed by atoms with Gasteiger partial charge in [-0.15, -0.1) is 0 Å². The van der Waals surface area contributed by atoms with Gasteiger partial charge in [-0.25, -0.2) is 4.79 Å². The molecule has 0 radical (unpaired) electrons. The first kappa shape index (κ1) is 18.3. The van der Waals surface area contributed by atoms with Crippen molar-refractivity contribution in [3.63, 3.8) is 0 Å². The number of hydrogen-bond donors (Lipinski definition) is 1. The van der Waals surface area contributed by atoms with Gasteiger partial charge < -0.3 is 15.1 Å². The molecule has 0 fully saturated rings. The average Bonchev–Trinajstić information content (AvgIpc) is 2.74. The Morgan fingerprint density at radius 3 is 2.29 bits per heavy atom. The predicted octanol–water partition coefficient (Wildman–Crippen LogP) is 3.91. The summed E-state index contributed by atoms with van der Waals surface area (Å²) in [7, 11) is 0. The van der Waals surface area contributed by atoms with Gasteiger partial charge in [-0.3, -0.25) is 4.79 Å². The number of fused-ring (bicyclic) bond motifs is 1. The number of rotatable bonds is 2. The second-order valence-electron chi connectivity index (χ2n) is 7.39. The smallest absolute Gasteiger partial charge is 0.322 e. The van der Waals surface area contributed by atoms with Crippen LogP contribution in [0.4, 0.5) is 10.5 Å². The van der Waals surface area contributed by atoms with E-state index >= 15 is 0 Å². The van der Waals surface area contributed by atoms with E-state index in [4.69, 9.17) is 0 Å². The summed E-state index contributed by atoms with van der Waals surface area (Å²) in [5, 5.41) is 3.01. The molecule has 3 amide bonds. The maximum atomic E-state index is 12.6. The SMILES string of the molecule is CC(=O)N1CC=C(c2ccc(NC(=O)N3CCc4ccccc4C3)cc2)CC1. The van der Waals surface area contributed by atoms with Crippen LogP contribution in [0.1, 0.15) is 30.0 Å². The Kier molecular flexibility index (Phi) is 5.15. The Hall–Kier alpha value is -3.08. The Labute approximate surface area is 165 Å². The van der Waals surface area contributed by atoms with Crippen LogP contribution in [0.2, 0.25) is 0 Å². The van der Waals surface area contributed by atoms with Gasteiger partial charge in [0.05, 0.1) is 0 Å². The van der Waals surface area contributed by atoms with Gasteiger partial charge in [-0.2, -0.15) is 0 Å². The van der Waals surface area contributed by atoms with E-state index in [0.29, 0.717) is 13.1 Å². The zero-order valence-electron chi connectivity index (χ0n) is 16.1. The first-order valence-corrected chi connectivity index (χ1v) is 9.78. The zero-order chi connectivity index (χ0) is 19.5. The fraction of sp³-hybridized carbons (Fsp3) is 0.304. The molecule has 0 aliphatic carbocycles. The van der Waals surface area contributed by atoms with Gasteiger partial charge in [0.1, 0.15) is 0 Å². The molecule has 0 saturated carbocycles. The monoisotopic (exact) mass is 375 g/mol. The second kappa shape index (κ2) is 7.89. The van der Waals surface area contributed by atoms with E-state index in [1.54, 1.807) is 6.92 Å². The number of nitrogens with one attached hydrogen (secondary N) is 1. The molecule has 0 atom stereocenters. The Morgan fingerprint density at radius 2 is 1.61 bits per heavy atom. The van der Waals surface area contributed by atoms with Crippen LogP contribution in [0.5, 0.6) is 0 Å². The van der Waals surface area contributed by atoms with Gasteiger partial charge >= 0.3 is 6.03 Å². The van der Waals surface area contributed by atoms with Crippen molar-refractivity contribution in [1.29, 1.82) is 0 Å². The lowest BCUT2D eigenvalue weighted by molar-refractivity contribution is -0.128. The molecular formula is C23H25N3O2. The summed E-state index contributed by atoms with van der Waals surface area (Å²) in [6.07, 6.45) is 3.87. The molecule has 0 spiro atoms. The first-order chi connectivity index (χ1) is 13.6. The van der Waals surface area contributed by atoms with Gasteiger partial charge in [0.15, 0.2) is 0 Å². The molecule has 0 aromatic heterocycles. The minimum atomic E-state index is -0.0590. The number of anilines is 1. The largest absolute Gasteiger partial charge is 0.339 e. The highest BCUT2D eigenvalue weighted by atomic mass is 16.2. The summed E-state index contributed by atoms with van der Waals surface area (Å²) in [6.45, 7) is 4.42. The van der Waals surface area contributed by atoms with Crippen LogP contribution < -0.4 is 5.32 Å². The van der Waals surface area contributed by atoms with Gasteiger partial charge in [-0.05, 0) is 47.2 Å². The molecule has 28 heavy (non-hydrogen) atoms. The Morgan fingerprint density at radius 1 is 0.893 bits per heavy atom. The fourth-order valence-electron chi connectivity index (χ4n) is 3.86. The summed E-state index contributed by atoms with van der Waals surface area (Å²) >= 11 is 0. The lowest BCUT2D eigenvalue weighted by Gasteiger charge is -2.29. The van der Waals surface area contributed by atoms with Crippen molar-refractivity contribution >= 4 is 23.2 Å². The van der Waals surface area contributed by atoms with Crippen LogP contribution in [0.3, 0.4) is 0 Å². The highest BCUT2D eigenvalue weighted by Crippen LogP contribution is 2.24. The summed E-state index contributed by atoms with van der Waals surface area (Å²) in [5.74, 6) is 0.119. The summed E-state index contributed by atoms with van der Waals surface area (Å²) < 4.78 is 0. The standard InChI is InChI=1S/C23H25N3O2/c1-17(27)25-13-10-20(11-14-25)19-6-8-22(9-7-19)24-23(28)26-15-12-18-4-2-3-5-21(18)16-26/h2-10H,11-16H2,1H3,(H,24,28). The number of carbonyl (C=O) groups excluding carboxylic acids is 2. The summed E-state index contributed by atoms with van der Waals surface area (Å²) in [4.78, 5) is 27.8. The van der Waals surface area contributed by atoms with Crippen LogP contribution in [-0.2, 0) is 17.8 Å². The van der Waals surface area contributed by atoms with Crippen LogP contribution >= 0.6 is 0 Å². The number of carbonyl (C=O) groups is 2. The quantitative estimate of drug-likeness (QED) is 0.865. The third-order valence-electron chi connectivity index (χ3n) is 5.58. The molecular weight excluding hydrogens is 350 g/mol. The minimum Gasteiger partial charge on any atom is -0.339 e. The fourth-order valence-corrected chi connectivity index (χ4v) is 3.86. The molecule has 5 heteroatoms. The van der Waals surface area contributed by atoms with E-state index in [-0.39, 0.29) is 11.9 Å². The molecule has 2 heterocycles. The molecule has 0 saturated heterocycles. The lowest BCUT2D eigenvalue weighted by atomic mass is 9.99. The van der Waals surface area contributed by atoms with Crippen molar-refractivity contribution in [3.8, 4) is 0 Å². The number of amides is 3. The molecule has 4 rings (SSSR count). The van der Waals surface area contributed by atoms with Crippen molar-refractivity contribution in [2.24, 2.45) is 0 Å². The van der Waals surface area contributed by atoms with Crippen molar-refractivity contribution < 1.29 is 9.59 Å². The third-order valence-corrected chi connectivity index (χ3v) is 5.58. The molecule has 2 aliphatic rings. The van der Waals surface area contributed by atoms with E-state index < -0.39 is 0 Å². The highest BCUT2D eigenvalue weighted by molar-refractivity contribution is 5.89. The molecule has 0 unspecified atom stereocenters. The number of hydrogen-bond acceptors (Lipinski definition) is 2. The summed E-state index contributed by atoms with van der Waals surface area (Å²) in [6, 6.07) is 16.2. The van der Waals surface area contributed by atoms with Crippen molar-refractivity contribution in [2.75, 3.05) is 25.0 Å². The summed E-state index contributed by atoms with van der Waals surface area (Å²) in [5.41, 5.74) is 5.76. The van der Waals surface area contributed by atoms with Gasteiger partial charge in [0, 0.05) is 38.8 Å². The van der Waals surface area contributed by atoms with Crippen LogP contribution in [0.25, 0.3) is 5.57 Å².